The first-order valence-corrected chi connectivity index (χ1v) is 2.58. The first kappa shape index (κ1) is 8.77. The van der Waals surface area contributed by atoms with Crippen molar-refractivity contribution in [3.05, 3.63) is 29.0 Å². The summed E-state index contributed by atoms with van der Waals surface area (Å²) < 4.78 is 1.32. The maximum atomic E-state index is 8.73. The Bertz CT molecular complexity index is 234. The minimum absolute atomic E-state index is 0. The number of aromatic nitrogens is 1. The third kappa shape index (κ3) is 2.23. The molecule has 43 valence electrons. The molecule has 0 aliphatic rings. The van der Waals surface area contributed by atoms with E-state index in [2.05, 4.69) is 12.2 Å². The van der Waals surface area contributed by atoms with E-state index in [1.807, 2.05) is 0 Å². The zero-order chi connectivity index (χ0) is 5.98. The van der Waals surface area contributed by atoms with Gasteiger partial charge in [-0.15, -0.1) is 0 Å². The molecule has 0 amide bonds. The van der Waals surface area contributed by atoms with Gasteiger partial charge in [0.05, 0.1) is 0 Å². The van der Waals surface area contributed by atoms with Gasteiger partial charge in [0, 0.05) is 25.1 Å². The van der Waals surface area contributed by atoms with Gasteiger partial charge in [0.25, 0.3) is 0 Å². The van der Waals surface area contributed by atoms with Crippen molar-refractivity contribution < 1.29 is 5.21 Å². The molecule has 9 heavy (non-hydrogen) atoms. The van der Waals surface area contributed by atoms with Crippen LogP contribution >= 0.6 is 12.2 Å². The van der Waals surface area contributed by atoms with Crippen LogP contribution in [0.25, 0.3) is 0 Å². The van der Waals surface area contributed by atoms with Gasteiger partial charge in [-0.05, 0) is 12.1 Å². The van der Waals surface area contributed by atoms with Crippen LogP contribution in [0.1, 0.15) is 0 Å². The Morgan fingerprint density at radius 1 is 1.44 bits per heavy atom. The van der Waals surface area contributed by atoms with Crippen molar-refractivity contribution in [1.82, 2.24) is 4.73 Å². The molecular formula is C5H5LiNOS. The summed E-state index contributed by atoms with van der Waals surface area (Å²) in [6.07, 6.45) is 1.49. The second-order valence-corrected chi connectivity index (χ2v) is 1.80. The van der Waals surface area contributed by atoms with Crippen molar-refractivity contribution in [1.29, 1.82) is 0 Å². The van der Waals surface area contributed by atoms with Crippen LogP contribution in [0.5, 0.6) is 0 Å². The quantitative estimate of drug-likeness (QED) is 0.326. The third-order valence-corrected chi connectivity index (χ3v) is 1.13. The summed E-state index contributed by atoms with van der Waals surface area (Å²) in [6, 6.07) is 5.13. The molecular weight excluding hydrogens is 129 g/mol. The van der Waals surface area contributed by atoms with E-state index in [4.69, 9.17) is 5.21 Å². The van der Waals surface area contributed by atoms with Gasteiger partial charge in [-0.3, -0.25) is 0 Å². The van der Waals surface area contributed by atoms with Crippen LogP contribution in [0, 0.1) is 4.64 Å². The molecule has 4 heteroatoms. The van der Waals surface area contributed by atoms with Crippen LogP contribution in [0.3, 0.4) is 0 Å². The van der Waals surface area contributed by atoms with Gasteiger partial charge in [0.15, 0.2) is 0 Å². The smallest absolute Gasteiger partial charge is 0.142 e. The Morgan fingerprint density at radius 2 is 2.11 bits per heavy atom. The van der Waals surface area contributed by atoms with Gasteiger partial charge in [-0.25, -0.2) is 0 Å². The molecule has 1 N–H and O–H groups in total. The van der Waals surface area contributed by atoms with Gasteiger partial charge < -0.3 is 5.21 Å². The molecule has 1 aromatic heterocycles. The van der Waals surface area contributed by atoms with Crippen molar-refractivity contribution in [2.75, 3.05) is 0 Å². The van der Waals surface area contributed by atoms with Crippen LogP contribution in [0.15, 0.2) is 24.4 Å². The van der Waals surface area contributed by atoms with Crippen molar-refractivity contribution in [2.24, 2.45) is 0 Å². The van der Waals surface area contributed by atoms with Crippen LogP contribution in [0.4, 0.5) is 0 Å². The fourth-order valence-corrected chi connectivity index (χ4v) is 0.558. The number of nitrogens with zero attached hydrogens (tertiary/aromatic N) is 1. The molecule has 0 atom stereocenters. The van der Waals surface area contributed by atoms with Crippen LogP contribution in [-0.2, 0) is 0 Å². The molecule has 0 saturated heterocycles. The molecule has 0 unspecified atom stereocenters. The van der Waals surface area contributed by atoms with Crippen LogP contribution in [0.2, 0.25) is 0 Å². The van der Waals surface area contributed by atoms with Crippen LogP contribution in [-0.4, -0.2) is 28.8 Å². The van der Waals surface area contributed by atoms with E-state index in [0.29, 0.717) is 4.64 Å². The Labute approximate surface area is 70.3 Å². The van der Waals surface area contributed by atoms with E-state index in [1.54, 1.807) is 18.2 Å². The van der Waals surface area contributed by atoms with E-state index in [0.717, 1.165) is 4.73 Å². The van der Waals surface area contributed by atoms with Gasteiger partial charge in [-0.2, -0.15) is 4.73 Å². The van der Waals surface area contributed by atoms with E-state index in [9.17, 15) is 0 Å². The standard InChI is InChI=1S/C5H5NOS.Li/c7-6-4-2-1-3-5(6)8;/h1-4,7H;. The number of rotatable bonds is 0. The maximum absolute atomic E-state index is 8.73. The van der Waals surface area contributed by atoms with Gasteiger partial charge in [-0.1, -0.05) is 18.3 Å². The molecule has 0 fully saturated rings. The van der Waals surface area contributed by atoms with Crippen molar-refractivity contribution in [3.8, 4) is 0 Å². The fraction of sp³-hybridized carbons (Fsp3) is 0. The van der Waals surface area contributed by atoms with E-state index < -0.39 is 0 Å². The van der Waals surface area contributed by atoms with Gasteiger partial charge in [0.2, 0.25) is 0 Å². The predicted molar refractivity (Wildman–Crippen MR) is 38.2 cm³/mol. The molecule has 1 heterocycles. The molecule has 0 bridgehead atoms. The average Bonchev–Trinajstić information content (AvgIpc) is 1.77. The number of pyridine rings is 1. The second-order valence-electron chi connectivity index (χ2n) is 1.38. The van der Waals surface area contributed by atoms with Crippen molar-refractivity contribution in [2.45, 2.75) is 0 Å². The van der Waals surface area contributed by atoms with Crippen molar-refractivity contribution >= 4 is 31.1 Å². The summed E-state index contributed by atoms with van der Waals surface area (Å²) in [6.45, 7) is 0. The molecule has 0 aliphatic heterocycles. The summed E-state index contributed by atoms with van der Waals surface area (Å²) in [5, 5.41) is 8.73. The molecule has 0 aliphatic carbocycles. The molecule has 1 radical (unpaired) electrons. The monoisotopic (exact) mass is 134 g/mol. The molecule has 2 nitrogen and oxygen atoms in total. The zero-order valence-corrected chi connectivity index (χ0v) is 5.93. The van der Waals surface area contributed by atoms with E-state index in [1.165, 1.54) is 6.20 Å². The molecule has 0 aromatic carbocycles. The van der Waals surface area contributed by atoms with Crippen molar-refractivity contribution in [3.63, 3.8) is 0 Å². The maximum Gasteiger partial charge on any atom is 0.142 e. The van der Waals surface area contributed by atoms with Gasteiger partial charge in [0.1, 0.15) is 4.64 Å². The summed E-state index contributed by atoms with van der Waals surface area (Å²) in [5.41, 5.74) is 0. The first-order chi connectivity index (χ1) is 3.80. The predicted octanol–water partition coefficient (Wildman–Crippen LogP) is 1.07. The summed E-state index contributed by atoms with van der Waals surface area (Å²) in [7, 11) is 0. The average molecular weight is 134 g/mol. The minimum atomic E-state index is 0. The normalized spacial score (nSPS) is 8.00. The summed E-state index contributed by atoms with van der Waals surface area (Å²) in [5.74, 6) is 0. The van der Waals surface area contributed by atoms with Gasteiger partial charge >= 0.3 is 0 Å². The second kappa shape index (κ2) is 3.73. The first-order valence-electron chi connectivity index (χ1n) is 2.17. The number of hydrogen-bond acceptors (Lipinski definition) is 2. The largest absolute Gasteiger partial charge is 0.428 e. The Morgan fingerprint density at radius 3 is 2.44 bits per heavy atom. The number of hydrogen-bond donors (Lipinski definition) is 1. The Balaban J connectivity index is 0.000000640. The molecule has 1 rings (SSSR count). The van der Waals surface area contributed by atoms with E-state index in [-0.39, 0.29) is 18.9 Å². The summed E-state index contributed by atoms with van der Waals surface area (Å²) >= 11 is 4.67. The topological polar surface area (TPSA) is 25.2 Å². The summed E-state index contributed by atoms with van der Waals surface area (Å²) in [4.78, 5) is 0. The van der Waals surface area contributed by atoms with Crippen LogP contribution < -0.4 is 0 Å². The zero-order valence-electron chi connectivity index (χ0n) is 5.11. The molecule has 0 spiro atoms. The Hall–Kier alpha value is -0.233. The molecule has 0 saturated carbocycles. The molecule has 1 aromatic rings. The SMILES string of the molecule is On1ccccc1=S.[Li]. The fourth-order valence-electron chi connectivity index (χ4n) is 0.419. The minimum Gasteiger partial charge on any atom is -0.428 e. The van der Waals surface area contributed by atoms with E-state index >= 15 is 0 Å². The Kier molecular flexibility index (Phi) is 3.63. The third-order valence-electron chi connectivity index (χ3n) is 0.803.